The molecule has 37 heavy (non-hydrogen) atoms. The van der Waals surface area contributed by atoms with Crippen LogP contribution in [-0.4, -0.2) is 79.9 Å². The number of anilines is 2. The molecule has 0 atom stereocenters. The van der Waals surface area contributed by atoms with Gasteiger partial charge in [-0.25, -0.2) is 9.78 Å². The number of alkyl halides is 3. The monoisotopic (exact) mass is 517 g/mol. The van der Waals surface area contributed by atoms with Gasteiger partial charge in [-0.3, -0.25) is 4.90 Å². The van der Waals surface area contributed by atoms with E-state index in [-0.39, 0.29) is 12.6 Å². The number of carbonyl (C=O) groups is 1. The highest BCUT2D eigenvalue weighted by Crippen LogP contribution is 2.35. The van der Waals surface area contributed by atoms with E-state index in [9.17, 15) is 18.0 Å². The van der Waals surface area contributed by atoms with Crippen molar-refractivity contribution in [1.82, 2.24) is 14.3 Å². The van der Waals surface area contributed by atoms with Crippen molar-refractivity contribution in [3.8, 4) is 11.1 Å². The summed E-state index contributed by atoms with van der Waals surface area (Å²) in [6, 6.07) is 7.85. The Morgan fingerprint density at radius 3 is 2.49 bits per heavy atom. The van der Waals surface area contributed by atoms with E-state index in [4.69, 9.17) is 4.74 Å². The zero-order valence-electron chi connectivity index (χ0n) is 22.0. The molecule has 10 heteroatoms. The highest BCUT2D eigenvalue weighted by Gasteiger charge is 2.34. The van der Waals surface area contributed by atoms with Gasteiger partial charge in [0.15, 0.2) is 0 Å². The van der Waals surface area contributed by atoms with E-state index >= 15 is 0 Å². The third kappa shape index (κ3) is 5.69. The first-order valence-electron chi connectivity index (χ1n) is 12.5. The van der Waals surface area contributed by atoms with E-state index in [0.717, 1.165) is 33.8 Å². The van der Waals surface area contributed by atoms with E-state index < -0.39 is 18.7 Å². The number of likely N-dealkylation sites (tertiary alicyclic amines) is 1. The number of pyridine rings is 2. The number of hydrogen-bond acceptors (Lipinski definition) is 6. The van der Waals surface area contributed by atoms with Crippen molar-refractivity contribution in [2.45, 2.75) is 38.9 Å². The Labute approximate surface area is 215 Å². The summed E-state index contributed by atoms with van der Waals surface area (Å²) < 4.78 is 46.1. The lowest BCUT2D eigenvalue weighted by Crippen LogP contribution is -2.46. The Morgan fingerprint density at radius 2 is 1.86 bits per heavy atom. The van der Waals surface area contributed by atoms with Crippen molar-refractivity contribution < 1.29 is 22.7 Å². The first kappa shape index (κ1) is 26.8. The zero-order chi connectivity index (χ0) is 26.9. The molecule has 1 aliphatic rings. The fraction of sp³-hybridized carbons (Fsp3) is 0.481. The molecular weight excluding hydrogens is 483 g/mol. The average molecular weight is 518 g/mol. The Morgan fingerprint density at radius 1 is 1.16 bits per heavy atom. The summed E-state index contributed by atoms with van der Waals surface area (Å²) in [5, 5.41) is 0. The number of aromatic nitrogens is 2. The third-order valence-electron chi connectivity index (χ3n) is 7.03. The smallest absolute Gasteiger partial charge is 0.401 e. The third-order valence-corrected chi connectivity index (χ3v) is 7.03. The van der Waals surface area contributed by atoms with Gasteiger partial charge in [0, 0.05) is 63.8 Å². The molecule has 0 spiro atoms. The molecule has 0 radical (unpaired) electrons. The summed E-state index contributed by atoms with van der Waals surface area (Å²) in [6.45, 7) is 3.79. The lowest BCUT2D eigenvalue weighted by molar-refractivity contribution is -0.147. The second kappa shape index (κ2) is 10.6. The predicted molar refractivity (Wildman–Crippen MR) is 140 cm³/mol. The summed E-state index contributed by atoms with van der Waals surface area (Å²) in [5.41, 5.74) is 4.02. The fourth-order valence-corrected chi connectivity index (χ4v) is 5.14. The standard InChI is InChI=1S/C27H34F3N5O2/c1-6-37-26(36)22-16-23-21(19-7-11-31-24(15-19)32(3)4)10-14-35(23)25(18(22)2)33(5)20-8-12-34(13-9-20)17-27(28,29)30/h7,10-11,14-16,20H,6,8-9,12-13,17H2,1-5H3. The quantitative estimate of drug-likeness (QED) is 0.411. The molecule has 1 aliphatic heterocycles. The number of rotatable bonds is 7. The molecule has 4 rings (SSSR count). The molecule has 200 valence electrons. The maximum atomic E-state index is 13.0. The topological polar surface area (TPSA) is 53.3 Å². The van der Waals surface area contributed by atoms with Crippen molar-refractivity contribution in [1.29, 1.82) is 0 Å². The maximum Gasteiger partial charge on any atom is 0.401 e. The van der Waals surface area contributed by atoms with Gasteiger partial charge in [0.2, 0.25) is 0 Å². The highest BCUT2D eigenvalue weighted by molar-refractivity contribution is 5.97. The van der Waals surface area contributed by atoms with Crippen LogP contribution in [0.1, 0.15) is 35.7 Å². The molecule has 0 N–H and O–H groups in total. The first-order valence-corrected chi connectivity index (χ1v) is 12.5. The molecule has 0 bridgehead atoms. The highest BCUT2D eigenvalue weighted by atomic mass is 19.4. The lowest BCUT2D eigenvalue weighted by atomic mass is 10.0. The number of ether oxygens (including phenoxy) is 1. The van der Waals surface area contributed by atoms with Gasteiger partial charge in [0.25, 0.3) is 0 Å². The van der Waals surface area contributed by atoms with Gasteiger partial charge in [0.1, 0.15) is 11.6 Å². The molecule has 1 saturated heterocycles. The van der Waals surface area contributed by atoms with Gasteiger partial charge < -0.3 is 18.9 Å². The van der Waals surface area contributed by atoms with Crippen LogP contribution in [0.5, 0.6) is 0 Å². The molecular formula is C27H34F3N5O2. The second-order valence-corrected chi connectivity index (χ2v) is 9.74. The number of hydrogen-bond donors (Lipinski definition) is 0. The molecule has 0 aliphatic carbocycles. The number of nitrogens with zero attached hydrogens (tertiary/aromatic N) is 5. The van der Waals surface area contributed by atoms with Crippen LogP contribution in [0.15, 0.2) is 36.7 Å². The van der Waals surface area contributed by atoms with Gasteiger partial charge >= 0.3 is 12.1 Å². The van der Waals surface area contributed by atoms with Crippen LogP contribution in [-0.2, 0) is 4.74 Å². The molecule has 7 nitrogen and oxygen atoms in total. The Balaban J connectivity index is 1.76. The van der Waals surface area contributed by atoms with Gasteiger partial charge in [-0.05, 0) is 56.5 Å². The lowest BCUT2D eigenvalue weighted by Gasteiger charge is -2.39. The maximum absolute atomic E-state index is 13.0. The fourth-order valence-electron chi connectivity index (χ4n) is 5.14. The van der Waals surface area contributed by atoms with Crippen LogP contribution in [0.4, 0.5) is 24.8 Å². The van der Waals surface area contributed by atoms with Gasteiger partial charge in [-0.2, -0.15) is 13.2 Å². The van der Waals surface area contributed by atoms with Gasteiger partial charge in [-0.15, -0.1) is 0 Å². The molecule has 3 aromatic rings. The SMILES string of the molecule is CCOC(=O)c1cc2c(-c3ccnc(N(C)C)c3)ccn2c(N(C)C2CCN(CC(F)(F)F)CC2)c1C. The van der Waals surface area contributed by atoms with Crippen molar-refractivity contribution in [3.63, 3.8) is 0 Å². The number of esters is 1. The summed E-state index contributed by atoms with van der Waals surface area (Å²) in [4.78, 5) is 22.9. The van der Waals surface area contributed by atoms with Gasteiger partial charge in [0.05, 0.1) is 24.2 Å². The minimum Gasteiger partial charge on any atom is -0.462 e. The number of carbonyl (C=O) groups excluding carboxylic acids is 1. The van der Waals surface area contributed by atoms with Crippen LogP contribution in [0, 0.1) is 6.92 Å². The van der Waals surface area contributed by atoms with E-state index in [2.05, 4.69) is 14.3 Å². The zero-order valence-corrected chi connectivity index (χ0v) is 22.0. The Bertz CT molecular complexity index is 1260. The Hall–Kier alpha value is -3.27. The minimum atomic E-state index is -4.20. The summed E-state index contributed by atoms with van der Waals surface area (Å²) >= 11 is 0. The summed E-state index contributed by atoms with van der Waals surface area (Å²) in [7, 11) is 5.82. The first-order chi connectivity index (χ1) is 17.5. The van der Waals surface area contributed by atoms with Crippen LogP contribution < -0.4 is 9.80 Å². The minimum absolute atomic E-state index is 0.0379. The Kier molecular flexibility index (Phi) is 7.68. The number of fused-ring (bicyclic) bond motifs is 1. The average Bonchev–Trinajstić information content (AvgIpc) is 3.26. The van der Waals surface area contributed by atoms with E-state index in [1.165, 1.54) is 4.90 Å². The molecule has 1 fully saturated rings. The molecule has 0 aromatic carbocycles. The van der Waals surface area contributed by atoms with E-state index in [1.807, 2.05) is 63.4 Å². The van der Waals surface area contributed by atoms with Crippen LogP contribution >= 0.6 is 0 Å². The normalized spacial score (nSPS) is 15.2. The molecule has 4 heterocycles. The van der Waals surface area contributed by atoms with Crippen LogP contribution in [0.3, 0.4) is 0 Å². The summed E-state index contributed by atoms with van der Waals surface area (Å²) in [5.74, 6) is 1.26. The largest absolute Gasteiger partial charge is 0.462 e. The summed E-state index contributed by atoms with van der Waals surface area (Å²) in [6.07, 6.45) is 0.739. The number of piperidine rings is 1. The molecule has 0 unspecified atom stereocenters. The molecule has 3 aromatic heterocycles. The molecule has 0 amide bonds. The predicted octanol–water partition coefficient (Wildman–Crippen LogP) is 5.02. The van der Waals surface area contributed by atoms with Crippen molar-refractivity contribution in [3.05, 3.63) is 47.8 Å². The van der Waals surface area contributed by atoms with Crippen LogP contribution in [0.25, 0.3) is 16.6 Å². The van der Waals surface area contributed by atoms with Crippen molar-refractivity contribution in [2.75, 3.05) is 57.2 Å². The van der Waals surface area contributed by atoms with Crippen LogP contribution in [0.2, 0.25) is 0 Å². The molecule has 0 saturated carbocycles. The van der Waals surface area contributed by atoms with E-state index in [0.29, 0.717) is 31.5 Å². The second-order valence-electron chi connectivity index (χ2n) is 9.74. The van der Waals surface area contributed by atoms with Crippen molar-refractivity contribution in [2.24, 2.45) is 0 Å². The van der Waals surface area contributed by atoms with E-state index in [1.54, 1.807) is 13.1 Å². The van der Waals surface area contributed by atoms with Gasteiger partial charge in [-0.1, -0.05) is 0 Å². The van der Waals surface area contributed by atoms with Crippen molar-refractivity contribution >= 4 is 23.1 Å². The number of halogens is 3.